The summed E-state index contributed by atoms with van der Waals surface area (Å²) in [7, 11) is 1.49. The lowest BCUT2D eigenvalue weighted by Gasteiger charge is -2.21. The zero-order chi connectivity index (χ0) is 27.9. The molecule has 1 heterocycles. The van der Waals surface area contributed by atoms with E-state index in [1.165, 1.54) is 37.4 Å². The molecule has 1 N–H and O–H groups in total. The summed E-state index contributed by atoms with van der Waals surface area (Å²) in [6.45, 7) is 0.713. The van der Waals surface area contributed by atoms with Gasteiger partial charge in [0, 0.05) is 16.1 Å². The molecule has 1 amide bonds. The fourth-order valence-corrected chi connectivity index (χ4v) is 3.68. The number of carboxylic acids is 1. The van der Waals surface area contributed by atoms with Crippen LogP contribution in [-0.4, -0.2) is 40.7 Å². The molecule has 0 saturated carbocycles. The molecule has 0 radical (unpaired) electrons. The lowest BCUT2D eigenvalue weighted by atomic mass is 10.2. The molecule has 0 aliphatic rings. The molecule has 0 atom stereocenters. The molecular weight excluding hydrogens is 531 g/mol. The number of aliphatic carboxylic acids is 1. The van der Waals surface area contributed by atoms with Gasteiger partial charge in [0.15, 0.2) is 0 Å². The zero-order valence-electron chi connectivity index (χ0n) is 21.0. The normalized spacial score (nSPS) is 10.7. The smallest absolute Gasteiger partial charge is 0.416 e. The molecule has 0 fully saturated rings. The third-order valence-corrected chi connectivity index (χ3v) is 5.84. The summed E-state index contributed by atoms with van der Waals surface area (Å²) < 4.78 is 36.5. The molecule has 9 nitrogen and oxygen atoms in total. The molecule has 0 unspecified atom stereocenters. The van der Waals surface area contributed by atoms with Crippen LogP contribution in [0.15, 0.2) is 71.1 Å². The van der Waals surface area contributed by atoms with Crippen LogP contribution in [0.1, 0.15) is 17.0 Å². The molecule has 0 bridgehead atoms. The first-order valence-corrected chi connectivity index (χ1v) is 12.1. The Bertz CT molecular complexity index is 1460. The second-order valence-electron chi connectivity index (χ2n) is 8.36. The van der Waals surface area contributed by atoms with Crippen molar-refractivity contribution < 1.29 is 37.7 Å². The van der Waals surface area contributed by atoms with E-state index in [4.69, 9.17) is 30.2 Å². The number of carbonyl (C=O) groups excluding carboxylic acids is 1. The Kier molecular flexibility index (Phi) is 8.67. The van der Waals surface area contributed by atoms with E-state index in [1.807, 2.05) is 0 Å². The van der Waals surface area contributed by atoms with Gasteiger partial charge < -0.3 is 23.7 Å². The van der Waals surface area contributed by atoms with Crippen molar-refractivity contribution in [2.24, 2.45) is 0 Å². The van der Waals surface area contributed by atoms with Crippen LogP contribution in [-0.2, 0) is 17.9 Å². The SMILES string of the molecule is COc1ccc(OC(=O)N(CC(=O)O)Cc2cc(OCc3nc(-c4ccc(Cl)cc4)oc3C)ccc2F)cc1. The summed E-state index contributed by atoms with van der Waals surface area (Å²) in [5, 5.41) is 9.89. The van der Waals surface area contributed by atoms with Crippen molar-refractivity contribution in [3.63, 3.8) is 0 Å². The van der Waals surface area contributed by atoms with Crippen LogP contribution in [0.2, 0.25) is 5.02 Å². The highest BCUT2D eigenvalue weighted by atomic mass is 35.5. The Hall–Kier alpha value is -4.57. The number of aromatic nitrogens is 1. The minimum absolute atomic E-state index is 0.0341. The standard InChI is InChI=1S/C28H24ClFN2O7/c1-17-25(31-27(38-17)18-3-5-20(29)6-4-18)16-37-23-11-12-24(30)19(13-23)14-32(15-26(33)34)28(35)39-22-9-7-21(36-2)8-10-22/h3-13H,14-16H2,1-2H3,(H,33,34). The Morgan fingerprint density at radius 1 is 1.03 bits per heavy atom. The largest absolute Gasteiger partial charge is 0.497 e. The van der Waals surface area contributed by atoms with Crippen molar-refractivity contribution in [2.75, 3.05) is 13.7 Å². The molecular formula is C28H24ClFN2O7. The topological polar surface area (TPSA) is 111 Å². The van der Waals surface area contributed by atoms with Gasteiger partial charge in [0.05, 0.1) is 13.7 Å². The van der Waals surface area contributed by atoms with Gasteiger partial charge in [-0.2, -0.15) is 0 Å². The van der Waals surface area contributed by atoms with Crippen molar-refractivity contribution in [1.29, 1.82) is 0 Å². The molecule has 11 heteroatoms. The van der Waals surface area contributed by atoms with Gasteiger partial charge in [-0.3, -0.25) is 9.69 Å². The number of carboxylic acid groups (broad SMARTS) is 1. The fourth-order valence-electron chi connectivity index (χ4n) is 3.55. The molecule has 3 aromatic carbocycles. The summed E-state index contributed by atoms with van der Waals surface area (Å²) in [5.41, 5.74) is 1.33. The monoisotopic (exact) mass is 554 g/mol. The number of nitrogens with zero attached hydrogens (tertiary/aromatic N) is 2. The van der Waals surface area contributed by atoms with Gasteiger partial charge in [-0.15, -0.1) is 0 Å². The van der Waals surface area contributed by atoms with Crippen LogP contribution >= 0.6 is 11.6 Å². The number of ether oxygens (including phenoxy) is 3. The maximum absolute atomic E-state index is 14.7. The maximum atomic E-state index is 14.7. The minimum Gasteiger partial charge on any atom is -0.497 e. The number of aryl methyl sites for hydroxylation is 1. The third-order valence-electron chi connectivity index (χ3n) is 5.59. The fraction of sp³-hybridized carbons (Fsp3) is 0.179. The molecule has 1 aromatic heterocycles. The first-order chi connectivity index (χ1) is 18.7. The minimum atomic E-state index is -1.28. The maximum Gasteiger partial charge on any atom is 0.416 e. The summed E-state index contributed by atoms with van der Waals surface area (Å²) in [4.78, 5) is 29.5. The van der Waals surface area contributed by atoms with Gasteiger partial charge >= 0.3 is 12.1 Å². The summed E-state index contributed by atoms with van der Waals surface area (Å²) in [6.07, 6.45) is -0.957. The molecule has 4 aromatic rings. The number of hydrogen-bond acceptors (Lipinski definition) is 7. The number of halogens is 2. The average molecular weight is 555 g/mol. The molecule has 39 heavy (non-hydrogen) atoms. The molecule has 0 spiro atoms. The first-order valence-electron chi connectivity index (χ1n) is 11.7. The van der Waals surface area contributed by atoms with Crippen LogP contribution in [0.3, 0.4) is 0 Å². The van der Waals surface area contributed by atoms with Crippen molar-refractivity contribution >= 4 is 23.7 Å². The predicted molar refractivity (Wildman–Crippen MR) is 139 cm³/mol. The number of rotatable bonds is 10. The van der Waals surface area contributed by atoms with Gasteiger partial charge in [-0.05, 0) is 73.7 Å². The van der Waals surface area contributed by atoms with E-state index in [9.17, 15) is 19.1 Å². The number of carbonyl (C=O) groups is 2. The number of benzene rings is 3. The van der Waals surface area contributed by atoms with E-state index in [2.05, 4.69) is 4.98 Å². The van der Waals surface area contributed by atoms with Crippen molar-refractivity contribution in [3.05, 3.63) is 94.6 Å². The zero-order valence-corrected chi connectivity index (χ0v) is 21.8. The second kappa shape index (κ2) is 12.3. The number of amides is 1. The van der Waals surface area contributed by atoms with Crippen LogP contribution in [0.25, 0.3) is 11.5 Å². The van der Waals surface area contributed by atoms with Crippen LogP contribution in [0, 0.1) is 12.7 Å². The van der Waals surface area contributed by atoms with Crippen LogP contribution in [0.4, 0.5) is 9.18 Å². The van der Waals surface area contributed by atoms with Crippen LogP contribution < -0.4 is 14.2 Å². The van der Waals surface area contributed by atoms with Crippen LogP contribution in [0.5, 0.6) is 17.2 Å². The highest BCUT2D eigenvalue weighted by Crippen LogP contribution is 2.25. The van der Waals surface area contributed by atoms with Crippen molar-refractivity contribution in [2.45, 2.75) is 20.1 Å². The summed E-state index contributed by atoms with van der Waals surface area (Å²) >= 11 is 5.94. The lowest BCUT2D eigenvalue weighted by molar-refractivity contribution is -0.138. The van der Waals surface area contributed by atoms with E-state index in [1.54, 1.807) is 43.3 Å². The van der Waals surface area contributed by atoms with Gasteiger partial charge in [0.2, 0.25) is 5.89 Å². The lowest BCUT2D eigenvalue weighted by Crippen LogP contribution is -2.37. The molecule has 202 valence electrons. The highest BCUT2D eigenvalue weighted by Gasteiger charge is 2.22. The van der Waals surface area contributed by atoms with E-state index < -0.39 is 24.4 Å². The second-order valence-corrected chi connectivity index (χ2v) is 8.80. The molecule has 4 rings (SSSR count). The Labute approximate surface area is 228 Å². The van der Waals surface area contributed by atoms with E-state index >= 15 is 0 Å². The quantitative estimate of drug-likeness (QED) is 0.250. The predicted octanol–water partition coefficient (Wildman–Crippen LogP) is 6.12. The number of oxazole rings is 1. The Balaban J connectivity index is 1.45. The van der Waals surface area contributed by atoms with Gasteiger partial charge in [0.1, 0.15) is 47.7 Å². The number of hydrogen-bond donors (Lipinski definition) is 1. The molecule has 0 saturated heterocycles. The van der Waals surface area contributed by atoms with Gasteiger partial charge in [-0.25, -0.2) is 14.2 Å². The average Bonchev–Trinajstić information content (AvgIpc) is 3.29. The van der Waals surface area contributed by atoms with Gasteiger partial charge in [-0.1, -0.05) is 11.6 Å². The van der Waals surface area contributed by atoms with Crippen molar-refractivity contribution in [1.82, 2.24) is 9.88 Å². The summed E-state index contributed by atoms with van der Waals surface area (Å²) in [6, 6.07) is 17.2. The Morgan fingerprint density at radius 3 is 2.36 bits per heavy atom. The van der Waals surface area contributed by atoms with Gasteiger partial charge in [0.25, 0.3) is 0 Å². The van der Waals surface area contributed by atoms with Crippen molar-refractivity contribution in [3.8, 4) is 28.7 Å². The third kappa shape index (κ3) is 7.26. The Morgan fingerprint density at radius 2 is 1.69 bits per heavy atom. The molecule has 0 aliphatic carbocycles. The summed E-state index contributed by atoms with van der Waals surface area (Å²) in [5.74, 6) is 0.0528. The van der Waals surface area contributed by atoms with E-state index in [-0.39, 0.29) is 24.5 Å². The van der Waals surface area contributed by atoms with E-state index in [0.717, 1.165) is 10.5 Å². The highest BCUT2D eigenvalue weighted by molar-refractivity contribution is 6.30. The number of methoxy groups -OCH3 is 1. The van der Waals surface area contributed by atoms with E-state index in [0.29, 0.717) is 33.9 Å². The first kappa shape index (κ1) is 27.5. The molecule has 0 aliphatic heterocycles.